The first-order chi connectivity index (χ1) is 11.4. The van der Waals surface area contributed by atoms with Gasteiger partial charge in [0.25, 0.3) is 0 Å². The van der Waals surface area contributed by atoms with Crippen molar-refractivity contribution in [3.63, 3.8) is 0 Å². The molecule has 0 amide bonds. The monoisotopic (exact) mass is 297 g/mol. The summed E-state index contributed by atoms with van der Waals surface area (Å²) in [5.74, 6) is 0. The first-order valence-corrected chi connectivity index (χ1v) is 7.52. The van der Waals surface area contributed by atoms with E-state index in [1.165, 1.54) is 0 Å². The van der Waals surface area contributed by atoms with Crippen molar-refractivity contribution in [1.82, 2.24) is 14.8 Å². The third kappa shape index (κ3) is 2.90. The smallest absolute Gasteiger partial charge is 0.0709 e. The molecule has 0 atom stereocenters. The van der Waals surface area contributed by atoms with Gasteiger partial charge in [-0.1, -0.05) is 42.5 Å². The van der Waals surface area contributed by atoms with Crippen LogP contribution >= 0.6 is 0 Å². The SMILES string of the molecule is C(=C\c1ccc2ccccc2n1)/c1cnn(-c2ccccc2)c1. The Morgan fingerprint density at radius 3 is 2.52 bits per heavy atom. The maximum Gasteiger partial charge on any atom is 0.0709 e. The van der Waals surface area contributed by atoms with Crippen LogP contribution in [0.5, 0.6) is 0 Å². The van der Waals surface area contributed by atoms with E-state index in [4.69, 9.17) is 0 Å². The zero-order valence-corrected chi connectivity index (χ0v) is 12.5. The minimum atomic E-state index is 0.941. The standard InChI is InChI=1S/C20H15N3/c1-2-7-19(8-3-1)23-15-16(14-21-23)10-12-18-13-11-17-6-4-5-9-20(17)22-18/h1-15H/b12-10+. The third-order valence-corrected chi connectivity index (χ3v) is 3.69. The predicted molar refractivity (Wildman–Crippen MR) is 94.2 cm³/mol. The van der Waals surface area contributed by atoms with Gasteiger partial charge >= 0.3 is 0 Å². The molecule has 110 valence electrons. The van der Waals surface area contributed by atoms with E-state index in [1.807, 2.05) is 83.8 Å². The summed E-state index contributed by atoms with van der Waals surface area (Å²) in [6, 6.07) is 22.3. The van der Waals surface area contributed by atoms with Crippen molar-refractivity contribution in [2.75, 3.05) is 0 Å². The van der Waals surface area contributed by atoms with Gasteiger partial charge in [0.05, 0.1) is 23.1 Å². The Balaban J connectivity index is 1.59. The molecule has 0 spiro atoms. The third-order valence-electron chi connectivity index (χ3n) is 3.69. The van der Waals surface area contributed by atoms with Gasteiger partial charge in [0.1, 0.15) is 0 Å². The molecule has 0 saturated carbocycles. The van der Waals surface area contributed by atoms with Crippen molar-refractivity contribution >= 4 is 23.1 Å². The molecule has 0 saturated heterocycles. The number of rotatable bonds is 3. The topological polar surface area (TPSA) is 30.7 Å². The lowest BCUT2D eigenvalue weighted by atomic mass is 10.2. The molecule has 0 aliphatic carbocycles. The molecule has 0 N–H and O–H groups in total. The van der Waals surface area contributed by atoms with Gasteiger partial charge < -0.3 is 0 Å². The van der Waals surface area contributed by atoms with E-state index in [1.54, 1.807) is 0 Å². The Kier molecular flexibility index (Phi) is 3.45. The minimum absolute atomic E-state index is 0.941. The number of para-hydroxylation sites is 2. The Morgan fingerprint density at radius 2 is 1.61 bits per heavy atom. The lowest BCUT2D eigenvalue weighted by molar-refractivity contribution is 0.880. The summed E-state index contributed by atoms with van der Waals surface area (Å²) in [7, 11) is 0. The molecule has 2 heterocycles. The number of nitrogens with zero attached hydrogens (tertiary/aromatic N) is 3. The van der Waals surface area contributed by atoms with E-state index in [-0.39, 0.29) is 0 Å². The molecule has 0 unspecified atom stereocenters. The number of pyridine rings is 1. The molecule has 23 heavy (non-hydrogen) atoms. The van der Waals surface area contributed by atoms with Crippen LogP contribution in [0.4, 0.5) is 0 Å². The van der Waals surface area contributed by atoms with Crippen LogP contribution in [0.3, 0.4) is 0 Å². The summed E-state index contributed by atoms with van der Waals surface area (Å²) in [5, 5.41) is 5.55. The van der Waals surface area contributed by atoms with Gasteiger partial charge in [0.2, 0.25) is 0 Å². The van der Waals surface area contributed by atoms with Gasteiger partial charge in [-0.05, 0) is 36.4 Å². The van der Waals surface area contributed by atoms with Crippen LogP contribution in [-0.4, -0.2) is 14.8 Å². The lowest BCUT2D eigenvalue weighted by Crippen LogP contribution is -1.92. The second-order valence-corrected chi connectivity index (χ2v) is 5.32. The van der Waals surface area contributed by atoms with E-state index < -0.39 is 0 Å². The number of aromatic nitrogens is 3. The second-order valence-electron chi connectivity index (χ2n) is 5.32. The average Bonchev–Trinajstić information content (AvgIpc) is 3.10. The van der Waals surface area contributed by atoms with E-state index in [2.05, 4.69) is 22.2 Å². The van der Waals surface area contributed by atoms with Crippen molar-refractivity contribution in [2.24, 2.45) is 0 Å². The fraction of sp³-hybridized carbons (Fsp3) is 0. The van der Waals surface area contributed by atoms with Crippen LogP contribution in [0, 0.1) is 0 Å². The van der Waals surface area contributed by atoms with Crippen LogP contribution in [0.1, 0.15) is 11.3 Å². The van der Waals surface area contributed by atoms with Crippen molar-refractivity contribution in [3.8, 4) is 5.69 Å². The van der Waals surface area contributed by atoms with Crippen LogP contribution < -0.4 is 0 Å². The molecular weight excluding hydrogens is 282 g/mol. The first kappa shape index (κ1) is 13.5. The van der Waals surface area contributed by atoms with Gasteiger partial charge in [-0.15, -0.1) is 0 Å². The van der Waals surface area contributed by atoms with Crippen molar-refractivity contribution in [2.45, 2.75) is 0 Å². The van der Waals surface area contributed by atoms with Crippen molar-refractivity contribution < 1.29 is 0 Å². The fourth-order valence-electron chi connectivity index (χ4n) is 2.50. The molecule has 3 heteroatoms. The lowest BCUT2D eigenvalue weighted by Gasteiger charge is -1.98. The second kappa shape index (κ2) is 5.89. The molecule has 2 aromatic heterocycles. The zero-order valence-electron chi connectivity index (χ0n) is 12.5. The highest BCUT2D eigenvalue weighted by molar-refractivity contribution is 5.80. The van der Waals surface area contributed by atoms with E-state index in [0.717, 1.165) is 27.8 Å². The fourth-order valence-corrected chi connectivity index (χ4v) is 2.50. The molecular formula is C20H15N3. The zero-order chi connectivity index (χ0) is 15.5. The highest BCUT2D eigenvalue weighted by Gasteiger charge is 1.98. The minimum Gasteiger partial charge on any atom is -0.248 e. The Morgan fingerprint density at radius 1 is 0.783 bits per heavy atom. The van der Waals surface area contributed by atoms with Crippen molar-refractivity contribution in [3.05, 3.63) is 90.4 Å². The summed E-state index contributed by atoms with van der Waals surface area (Å²) >= 11 is 0. The predicted octanol–water partition coefficient (Wildman–Crippen LogP) is 4.59. The molecule has 0 aliphatic rings. The van der Waals surface area contributed by atoms with Gasteiger partial charge in [0, 0.05) is 17.1 Å². The van der Waals surface area contributed by atoms with Crippen molar-refractivity contribution in [1.29, 1.82) is 0 Å². The average molecular weight is 297 g/mol. The van der Waals surface area contributed by atoms with E-state index >= 15 is 0 Å². The van der Waals surface area contributed by atoms with E-state index in [9.17, 15) is 0 Å². The molecule has 3 nitrogen and oxygen atoms in total. The maximum absolute atomic E-state index is 4.64. The van der Waals surface area contributed by atoms with Crippen LogP contribution in [-0.2, 0) is 0 Å². The quantitative estimate of drug-likeness (QED) is 0.553. The highest BCUT2D eigenvalue weighted by atomic mass is 15.3. The molecule has 0 radical (unpaired) electrons. The Hall–Kier alpha value is -3.20. The molecule has 4 rings (SSSR count). The summed E-state index contributed by atoms with van der Waals surface area (Å²) in [6.45, 7) is 0. The summed E-state index contributed by atoms with van der Waals surface area (Å²) < 4.78 is 1.87. The summed E-state index contributed by atoms with van der Waals surface area (Å²) in [5.41, 5.74) is 4.05. The van der Waals surface area contributed by atoms with Gasteiger partial charge in [-0.25, -0.2) is 9.67 Å². The number of benzene rings is 2. The summed E-state index contributed by atoms with van der Waals surface area (Å²) in [4.78, 5) is 4.64. The molecule has 0 aliphatic heterocycles. The molecule has 0 fully saturated rings. The maximum atomic E-state index is 4.64. The number of hydrogen-bond acceptors (Lipinski definition) is 2. The molecule has 4 aromatic rings. The van der Waals surface area contributed by atoms with Gasteiger partial charge in [-0.3, -0.25) is 0 Å². The molecule has 0 bridgehead atoms. The Labute approximate surface area is 134 Å². The van der Waals surface area contributed by atoms with Gasteiger partial charge in [-0.2, -0.15) is 5.10 Å². The van der Waals surface area contributed by atoms with Crippen LogP contribution in [0.15, 0.2) is 79.1 Å². The van der Waals surface area contributed by atoms with Crippen LogP contribution in [0.25, 0.3) is 28.7 Å². The van der Waals surface area contributed by atoms with E-state index in [0.29, 0.717) is 0 Å². The number of fused-ring (bicyclic) bond motifs is 1. The summed E-state index contributed by atoms with van der Waals surface area (Å²) in [6.07, 6.45) is 7.90. The molecule has 2 aromatic carbocycles. The largest absolute Gasteiger partial charge is 0.248 e. The van der Waals surface area contributed by atoms with Gasteiger partial charge in [0.15, 0.2) is 0 Å². The highest BCUT2D eigenvalue weighted by Crippen LogP contribution is 2.14. The van der Waals surface area contributed by atoms with Crippen LogP contribution in [0.2, 0.25) is 0 Å². The Bertz CT molecular complexity index is 968. The number of hydrogen-bond donors (Lipinski definition) is 0. The first-order valence-electron chi connectivity index (χ1n) is 7.52. The normalized spacial score (nSPS) is 11.3.